The molecule has 20 heavy (non-hydrogen) atoms. The summed E-state index contributed by atoms with van der Waals surface area (Å²) in [6, 6.07) is 11.8. The molecular weight excluding hydrogens is 282 g/mol. The van der Waals surface area contributed by atoms with E-state index in [2.05, 4.69) is 4.72 Å². The van der Waals surface area contributed by atoms with E-state index in [0.29, 0.717) is 5.75 Å². The first-order valence-electron chi connectivity index (χ1n) is 5.99. The number of para-hydroxylation sites is 1. The summed E-state index contributed by atoms with van der Waals surface area (Å²) in [5.41, 5.74) is 0. The Bertz CT molecular complexity index is 636. The third-order valence-electron chi connectivity index (χ3n) is 2.46. The molecule has 0 saturated carbocycles. The van der Waals surface area contributed by atoms with Gasteiger partial charge in [0, 0.05) is 6.54 Å². The maximum absolute atomic E-state index is 11.8. The zero-order valence-corrected chi connectivity index (χ0v) is 11.5. The first-order chi connectivity index (χ1) is 9.62. The zero-order chi connectivity index (χ0) is 14.4. The summed E-state index contributed by atoms with van der Waals surface area (Å²) in [5, 5.41) is 8.61. The smallest absolute Gasteiger partial charge is 0.274 e. The van der Waals surface area contributed by atoms with Gasteiger partial charge in [-0.3, -0.25) is 0 Å². The minimum absolute atomic E-state index is 0.117. The molecule has 0 amide bonds. The SMILES string of the molecule is O=S(=O)(NCCOc1ccccc1)c1ccc(CO)o1. The highest BCUT2D eigenvalue weighted by atomic mass is 32.2. The number of aliphatic hydroxyl groups is 1. The van der Waals surface area contributed by atoms with Crippen molar-refractivity contribution in [3.63, 3.8) is 0 Å². The van der Waals surface area contributed by atoms with Gasteiger partial charge in [0.2, 0.25) is 5.09 Å². The van der Waals surface area contributed by atoms with Gasteiger partial charge in [-0.2, -0.15) is 0 Å². The second-order valence-electron chi connectivity index (χ2n) is 3.94. The Kier molecular flexibility index (Phi) is 4.78. The number of benzene rings is 1. The highest BCUT2D eigenvalue weighted by Crippen LogP contribution is 2.13. The lowest BCUT2D eigenvalue weighted by molar-refractivity contribution is 0.236. The lowest BCUT2D eigenvalue weighted by atomic mass is 10.3. The van der Waals surface area contributed by atoms with Crippen molar-refractivity contribution in [3.8, 4) is 5.75 Å². The fourth-order valence-corrected chi connectivity index (χ4v) is 2.48. The van der Waals surface area contributed by atoms with Crippen LogP contribution in [0.3, 0.4) is 0 Å². The van der Waals surface area contributed by atoms with Crippen molar-refractivity contribution in [2.75, 3.05) is 13.2 Å². The van der Waals surface area contributed by atoms with Crippen molar-refractivity contribution < 1.29 is 22.7 Å². The zero-order valence-electron chi connectivity index (χ0n) is 10.7. The monoisotopic (exact) mass is 297 g/mol. The molecule has 1 aromatic heterocycles. The number of furan rings is 1. The Morgan fingerprint density at radius 1 is 1.15 bits per heavy atom. The van der Waals surface area contributed by atoms with E-state index in [9.17, 15) is 8.42 Å². The van der Waals surface area contributed by atoms with Crippen LogP contribution >= 0.6 is 0 Å². The van der Waals surface area contributed by atoms with Crippen LogP contribution < -0.4 is 9.46 Å². The lowest BCUT2D eigenvalue weighted by Crippen LogP contribution is -2.28. The van der Waals surface area contributed by atoms with Gasteiger partial charge in [0.1, 0.15) is 24.7 Å². The number of rotatable bonds is 7. The highest BCUT2D eigenvalue weighted by molar-refractivity contribution is 7.89. The maximum Gasteiger partial charge on any atom is 0.274 e. The molecule has 0 atom stereocenters. The topological polar surface area (TPSA) is 88.8 Å². The Balaban J connectivity index is 1.84. The molecule has 0 saturated heterocycles. The number of sulfonamides is 1. The molecule has 0 aliphatic carbocycles. The van der Waals surface area contributed by atoms with E-state index in [1.165, 1.54) is 12.1 Å². The number of nitrogens with one attached hydrogen (secondary N) is 1. The molecule has 6 nitrogen and oxygen atoms in total. The summed E-state index contributed by atoms with van der Waals surface area (Å²) in [6.45, 7) is -0.0180. The Morgan fingerprint density at radius 2 is 1.90 bits per heavy atom. The van der Waals surface area contributed by atoms with Gasteiger partial charge in [0.25, 0.3) is 10.0 Å². The molecule has 0 aliphatic rings. The number of ether oxygens (including phenoxy) is 1. The van der Waals surface area contributed by atoms with Crippen LogP contribution in [0, 0.1) is 0 Å². The average molecular weight is 297 g/mol. The van der Waals surface area contributed by atoms with E-state index < -0.39 is 10.0 Å². The van der Waals surface area contributed by atoms with Crippen LogP contribution in [0.15, 0.2) is 52.0 Å². The van der Waals surface area contributed by atoms with Gasteiger partial charge in [-0.05, 0) is 24.3 Å². The minimum atomic E-state index is -3.71. The molecule has 7 heteroatoms. The number of hydrogen-bond acceptors (Lipinski definition) is 5. The van der Waals surface area contributed by atoms with Crippen molar-refractivity contribution in [2.45, 2.75) is 11.7 Å². The van der Waals surface area contributed by atoms with Crippen LogP contribution in [0.1, 0.15) is 5.76 Å². The molecule has 108 valence electrons. The summed E-state index contributed by atoms with van der Waals surface area (Å²) < 4.78 is 36.4. The molecule has 2 N–H and O–H groups in total. The quantitative estimate of drug-likeness (QED) is 0.748. The summed E-state index contributed by atoms with van der Waals surface area (Å²) >= 11 is 0. The maximum atomic E-state index is 11.8. The van der Waals surface area contributed by atoms with E-state index in [0.717, 1.165) is 0 Å². The Hall–Kier alpha value is -1.83. The molecule has 0 radical (unpaired) electrons. The van der Waals surface area contributed by atoms with Crippen molar-refractivity contribution >= 4 is 10.0 Å². The first kappa shape index (κ1) is 14.6. The molecule has 1 aromatic carbocycles. The van der Waals surface area contributed by atoms with Gasteiger partial charge >= 0.3 is 0 Å². The van der Waals surface area contributed by atoms with Crippen LogP contribution in [-0.2, 0) is 16.6 Å². The van der Waals surface area contributed by atoms with Gasteiger partial charge in [-0.1, -0.05) is 18.2 Å². The third kappa shape index (κ3) is 3.83. The molecular formula is C13H15NO5S. The fraction of sp³-hybridized carbons (Fsp3) is 0.231. The van der Waals surface area contributed by atoms with Crippen LogP contribution in [0.5, 0.6) is 5.75 Å². The Morgan fingerprint density at radius 3 is 2.55 bits per heavy atom. The van der Waals surface area contributed by atoms with Crippen molar-refractivity contribution in [1.29, 1.82) is 0 Å². The number of aliphatic hydroxyl groups excluding tert-OH is 1. The molecule has 1 heterocycles. The highest BCUT2D eigenvalue weighted by Gasteiger charge is 2.17. The van der Waals surface area contributed by atoms with Crippen LogP contribution in [-0.4, -0.2) is 26.7 Å². The largest absolute Gasteiger partial charge is 0.492 e. The van der Waals surface area contributed by atoms with Crippen LogP contribution in [0.2, 0.25) is 0 Å². The molecule has 2 aromatic rings. The molecule has 0 fully saturated rings. The average Bonchev–Trinajstić information content (AvgIpc) is 2.95. The summed E-state index contributed by atoms with van der Waals surface area (Å²) in [4.78, 5) is 0. The molecule has 0 bridgehead atoms. The first-order valence-corrected chi connectivity index (χ1v) is 7.47. The van der Waals surface area contributed by atoms with Crippen LogP contribution in [0.4, 0.5) is 0 Å². The summed E-state index contributed by atoms with van der Waals surface area (Å²) in [5.74, 6) is 0.873. The van der Waals surface area contributed by atoms with Gasteiger partial charge in [0.05, 0.1) is 0 Å². The number of hydrogen-bond donors (Lipinski definition) is 2. The normalized spacial score (nSPS) is 11.4. The van der Waals surface area contributed by atoms with Gasteiger partial charge < -0.3 is 14.3 Å². The molecule has 0 unspecified atom stereocenters. The van der Waals surface area contributed by atoms with Crippen LogP contribution in [0.25, 0.3) is 0 Å². The fourth-order valence-electron chi connectivity index (χ4n) is 1.52. The molecule has 0 aliphatic heterocycles. The minimum Gasteiger partial charge on any atom is -0.492 e. The summed E-state index contributed by atoms with van der Waals surface area (Å²) in [7, 11) is -3.71. The molecule has 0 spiro atoms. The lowest BCUT2D eigenvalue weighted by Gasteiger charge is -2.06. The van der Waals surface area contributed by atoms with Crippen molar-refractivity contribution in [1.82, 2.24) is 4.72 Å². The van der Waals surface area contributed by atoms with E-state index in [-0.39, 0.29) is 30.6 Å². The summed E-state index contributed by atoms with van der Waals surface area (Å²) in [6.07, 6.45) is 0. The van der Waals surface area contributed by atoms with Crippen molar-refractivity contribution in [2.24, 2.45) is 0 Å². The van der Waals surface area contributed by atoms with Gasteiger partial charge in [-0.15, -0.1) is 0 Å². The second kappa shape index (κ2) is 6.56. The van der Waals surface area contributed by atoms with Crippen molar-refractivity contribution in [3.05, 3.63) is 48.2 Å². The van der Waals surface area contributed by atoms with E-state index >= 15 is 0 Å². The standard InChI is InChI=1S/C13H15NO5S/c15-10-12-6-7-13(19-12)20(16,17)14-8-9-18-11-4-2-1-3-5-11/h1-7,14-15H,8-10H2. The molecule has 2 rings (SSSR count). The van der Waals surface area contributed by atoms with Gasteiger partial charge in [0.15, 0.2) is 0 Å². The predicted molar refractivity (Wildman–Crippen MR) is 71.8 cm³/mol. The van der Waals surface area contributed by atoms with E-state index in [4.69, 9.17) is 14.3 Å². The third-order valence-corrected chi connectivity index (χ3v) is 3.80. The Labute approximate surface area is 117 Å². The predicted octanol–water partition coefficient (Wildman–Crippen LogP) is 1.13. The van der Waals surface area contributed by atoms with E-state index in [1.54, 1.807) is 12.1 Å². The second-order valence-corrected chi connectivity index (χ2v) is 5.64. The van der Waals surface area contributed by atoms with E-state index in [1.807, 2.05) is 18.2 Å². The van der Waals surface area contributed by atoms with Gasteiger partial charge in [-0.25, -0.2) is 13.1 Å².